The third kappa shape index (κ3) is 1.38. The molecule has 0 aliphatic carbocycles. The molecular formula is C5H7N2OS. The van der Waals surface area contributed by atoms with Crippen LogP contribution in [0.1, 0.15) is 0 Å². The molecule has 0 N–H and O–H groups in total. The fraction of sp³-hybridized carbons (Fsp3) is 0.400. The summed E-state index contributed by atoms with van der Waals surface area (Å²) in [6.07, 6.45) is 3.59. The molecule has 0 atom stereocenters. The SMILES string of the molecule is CN([C]=O)N1C=CSC1. The van der Waals surface area contributed by atoms with Crippen LogP contribution in [0.15, 0.2) is 11.6 Å². The zero-order valence-corrected chi connectivity index (χ0v) is 5.89. The molecule has 0 fully saturated rings. The van der Waals surface area contributed by atoms with Gasteiger partial charge in [0, 0.05) is 13.2 Å². The molecule has 0 aromatic heterocycles. The van der Waals surface area contributed by atoms with Crippen molar-refractivity contribution in [3.8, 4) is 0 Å². The summed E-state index contributed by atoms with van der Waals surface area (Å²) < 4.78 is 0. The molecule has 1 aliphatic rings. The smallest absolute Gasteiger partial charge is 0.279 e. The summed E-state index contributed by atoms with van der Waals surface area (Å²) >= 11 is 1.65. The molecule has 4 heteroatoms. The van der Waals surface area contributed by atoms with Crippen LogP contribution in [-0.4, -0.2) is 29.4 Å². The minimum atomic E-state index is 0.811. The average Bonchev–Trinajstić information content (AvgIpc) is 2.37. The minimum absolute atomic E-state index is 0.811. The normalized spacial score (nSPS) is 16.3. The van der Waals surface area contributed by atoms with E-state index in [0.717, 1.165) is 5.88 Å². The Labute approximate surface area is 58.3 Å². The zero-order chi connectivity index (χ0) is 6.69. The van der Waals surface area contributed by atoms with E-state index in [2.05, 4.69) is 0 Å². The average molecular weight is 143 g/mol. The van der Waals surface area contributed by atoms with E-state index >= 15 is 0 Å². The van der Waals surface area contributed by atoms with Crippen LogP contribution in [0.2, 0.25) is 0 Å². The highest BCUT2D eigenvalue weighted by Crippen LogP contribution is 2.14. The van der Waals surface area contributed by atoms with E-state index in [1.807, 2.05) is 11.6 Å². The zero-order valence-electron chi connectivity index (χ0n) is 5.07. The van der Waals surface area contributed by atoms with Gasteiger partial charge in [0.15, 0.2) is 0 Å². The van der Waals surface area contributed by atoms with Crippen molar-refractivity contribution in [3.05, 3.63) is 11.6 Å². The summed E-state index contributed by atoms with van der Waals surface area (Å²) in [7, 11) is 1.67. The number of hydrogen-bond donors (Lipinski definition) is 0. The highest BCUT2D eigenvalue weighted by molar-refractivity contribution is 8.02. The third-order valence-corrected chi connectivity index (χ3v) is 1.78. The van der Waals surface area contributed by atoms with Crippen LogP contribution in [0.5, 0.6) is 0 Å². The van der Waals surface area contributed by atoms with Gasteiger partial charge in [0.1, 0.15) is 0 Å². The first-order valence-corrected chi connectivity index (χ1v) is 3.56. The maximum Gasteiger partial charge on any atom is 0.332 e. The topological polar surface area (TPSA) is 23.6 Å². The fourth-order valence-electron chi connectivity index (χ4n) is 0.515. The van der Waals surface area contributed by atoms with Crippen LogP contribution in [0.3, 0.4) is 0 Å². The van der Waals surface area contributed by atoms with Crippen molar-refractivity contribution in [2.75, 3.05) is 12.9 Å². The van der Waals surface area contributed by atoms with Gasteiger partial charge in [0.25, 0.3) is 0 Å². The first kappa shape index (κ1) is 6.48. The van der Waals surface area contributed by atoms with Gasteiger partial charge in [-0.25, -0.2) is 5.01 Å². The highest BCUT2D eigenvalue weighted by atomic mass is 32.2. The summed E-state index contributed by atoms with van der Waals surface area (Å²) in [4.78, 5) is 10.0. The van der Waals surface area contributed by atoms with Gasteiger partial charge < -0.3 is 0 Å². The minimum Gasteiger partial charge on any atom is -0.279 e. The molecule has 0 saturated carbocycles. The molecule has 0 aromatic carbocycles. The van der Waals surface area contributed by atoms with Crippen LogP contribution >= 0.6 is 11.8 Å². The first-order chi connectivity index (χ1) is 4.34. The van der Waals surface area contributed by atoms with Crippen LogP contribution in [0.4, 0.5) is 0 Å². The van der Waals surface area contributed by atoms with Crippen LogP contribution < -0.4 is 0 Å². The fourth-order valence-corrected chi connectivity index (χ4v) is 1.24. The van der Waals surface area contributed by atoms with E-state index in [-0.39, 0.29) is 0 Å². The van der Waals surface area contributed by atoms with Crippen molar-refractivity contribution in [3.63, 3.8) is 0 Å². The van der Waals surface area contributed by atoms with Crippen LogP contribution in [0, 0.1) is 0 Å². The largest absolute Gasteiger partial charge is 0.332 e. The van der Waals surface area contributed by atoms with E-state index < -0.39 is 0 Å². The first-order valence-electron chi connectivity index (χ1n) is 2.51. The molecule has 9 heavy (non-hydrogen) atoms. The standard InChI is InChI=1S/C5H7N2OS/c1-6(4-8)7-2-3-9-5-7/h2-3H,5H2,1H3. The molecule has 0 bridgehead atoms. The summed E-state index contributed by atoms with van der Waals surface area (Å²) in [6, 6.07) is 0. The van der Waals surface area contributed by atoms with E-state index in [1.165, 1.54) is 5.01 Å². The summed E-state index contributed by atoms with van der Waals surface area (Å²) in [5, 5.41) is 5.10. The Morgan fingerprint density at radius 1 is 1.89 bits per heavy atom. The molecule has 1 amide bonds. The number of hydrazine groups is 1. The second-order valence-electron chi connectivity index (χ2n) is 1.64. The Hall–Kier alpha value is -0.640. The number of carbonyl (C=O) groups excluding carboxylic acids is 1. The quantitative estimate of drug-likeness (QED) is 0.522. The Balaban J connectivity index is 2.42. The number of hydrogen-bond acceptors (Lipinski definition) is 3. The van der Waals surface area contributed by atoms with Gasteiger partial charge in [-0.15, -0.1) is 11.8 Å². The van der Waals surface area contributed by atoms with Crippen molar-refractivity contribution in [2.45, 2.75) is 0 Å². The van der Waals surface area contributed by atoms with Crippen LogP contribution in [-0.2, 0) is 4.79 Å². The number of amides is 1. The van der Waals surface area contributed by atoms with Gasteiger partial charge in [0.2, 0.25) is 0 Å². The van der Waals surface area contributed by atoms with Crippen LogP contribution in [0.25, 0.3) is 0 Å². The molecule has 1 heterocycles. The lowest BCUT2D eigenvalue weighted by Crippen LogP contribution is -2.32. The Bertz CT molecular complexity index is 137. The van der Waals surface area contributed by atoms with Gasteiger partial charge in [-0.05, 0) is 5.41 Å². The molecule has 0 unspecified atom stereocenters. The maximum absolute atomic E-state index is 10.0. The molecule has 1 aliphatic heterocycles. The predicted octanol–water partition coefficient (Wildman–Crippen LogP) is 0.378. The van der Waals surface area contributed by atoms with Crippen molar-refractivity contribution in [1.82, 2.24) is 10.0 Å². The molecule has 1 radical (unpaired) electrons. The summed E-state index contributed by atoms with van der Waals surface area (Å²) in [5.74, 6) is 0.811. The van der Waals surface area contributed by atoms with Gasteiger partial charge >= 0.3 is 6.41 Å². The Morgan fingerprint density at radius 2 is 2.67 bits per heavy atom. The van der Waals surface area contributed by atoms with Gasteiger partial charge in [-0.2, -0.15) is 0 Å². The molecule has 1 rings (SSSR count). The lowest BCUT2D eigenvalue weighted by atomic mass is 10.9. The Kier molecular flexibility index (Phi) is 2.00. The van der Waals surface area contributed by atoms with E-state index in [1.54, 1.807) is 30.2 Å². The maximum atomic E-state index is 10.0. The van der Waals surface area contributed by atoms with Crippen molar-refractivity contribution >= 4 is 18.2 Å². The second-order valence-corrected chi connectivity index (χ2v) is 2.50. The summed E-state index contributed by atoms with van der Waals surface area (Å²) in [5.41, 5.74) is 0. The third-order valence-electron chi connectivity index (χ3n) is 1.05. The van der Waals surface area contributed by atoms with E-state index in [0.29, 0.717) is 0 Å². The van der Waals surface area contributed by atoms with Gasteiger partial charge in [-0.3, -0.25) is 9.80 Å². The lowest BCUT2D eigenvalue weighted by molar-refractivity contribution is 0.162. The lowest BCUT2D eigenvalue weighted by Gasteiger charge is -2.21. The summed E-state index contributed by atoms with van der Waals surface area (Å²) in [6.45, 7) is 0. The Morgan fingerprint density at radius 3 is 3.11 bits per heavy atom. The molecule has 0 spiro atoms. The van der Waals surface area contributed by atoms with E-state index in [4.69, 9.17) is 0 Å². The van der Waals surface area contributed by atoms with Crippen molar-refractivity contribution in [2.24, 2.45) is 0 Å². The highest BCUT2D eigenvalue weighted by Gasteiger charge is 2.07. The predicted molar refractivity (Wildman–Crippen MR) is 36.9 cm³/mol. The molecular weight excluding hydrogens is 136 g/mol. The van der Waals surface area contributed by atoms with Gasteiger partial charge in [0.05, 0.1) is 5.88 Å². The monoisotopic (exact) mass is 143 g/mol. The molecule has 49 valence electrons. The molecule has 0 saturated heterocycles. The van der Waals surface area contributed by atoms with Crippen molar-refractivity contribution in [1.29, 1.82) is 0 Å². The number of nitrogens with zero attached hydrogens (tertiary/aromatic N) is 2. The second kappa shape index (κ2) is 2.77. The molecule has 3 nitrogen and oxygen atoms in total. The number of rotatable bonds is 2. The van der Waals surface area contributed by atoms with Gasteiger partial charge in [-0.1, -0.05) is 0 Å². The van der Waals surface area contributed by atoms with E-state index in [9.17, 15) is 4.79 Å². The number of thioether (sulfide) groups is 1. The van der Waals surface area contributed by atoms with Crippen molar-refractivity contribution < 1.29 is 4.79 Å². The molecule has 0 aromatic rings.